The number of benzene rings is 1. The van der Waals surface area contributed by atoms with Gasteiger partial charge in [-0.3, -0.25) is 14.4 Å². The van der Waals surface area contributed by atoms with E-state index < -0.39 is 18.7 Å². The Bertz CT molecular complexity index is 929. The number of hydrogen-bond donors (Lipinski definition) is 3. The molecule has 40 heavy (non-hydrogen) atoms. The number of hydrogen-bond acceptors (Lipinski definition) is 7. The summed E-state index contributed by atoms with van der Waals surface area (Å²) in [5.41, 5.74) is 0.625. The molecule has 0 spiro atoms. The van der Waals surface area contributed by atoms with E-state index in [0.717, 1.165) is 38.8 Å². The van der Waals surface area contributed by atoms with Crippen molar-refractivity contribution in [2.45, 2.75) is 51.0 Å². The van der Waals surface area contributed by atoms with Crippen molar-refractivity contribution in [1.82, 2.24) is 15.5 Å². The Labute approximate surface area is 235 Å². The Morgan fingerprint density at radius 2 is 1.82 bits per heavy atom. The molecule has 2 saturated heterocycles. The molecule has 0 aliphatic carbocycles. The number of nitrogens with one attached hydrogen (secondary N) is 2. The van der Waals surface area contributed by atoms with Gasteiger partial charge in [-0.2, -0.15) is 0 Å². The number of aliphatic carboxylic acids is 1. The van der Waals surface area contributed by atoms with Gasteiger partial charge >= 0.3 is 5.97 Å². The molecule has 1 aromatic carbocycles. The molecule has 2 fully saturated rings. The molecular weight excluding hydrogens is 520 g/mol. The number of carboxylic acids is 1. The third-order valence-electron chi connectivity index (χ3n) is 7.42. The first kappa shape index (κ1) is 31.8. The van der Waals surface area contributed by atoms with Gasteiger partial charge in [-0.1, -0.05) is 12.1 Å². The van der Waals surface area contributed by atoms with Crippen LogP contribution < -0.4 is 15.4 Å². The number of alkyl halides is 1. The highest BCUT2D eigenvalue weighted by atomic mass is 18.2. The average Bonchev–Trinajstić information content (AvgIpc) is 2.97. The van der Waals surface area contributed by atoms with Crippen molar-refractivity contribution in [2.75, 3.05) is 65.9 Å². The second-order valence-corrected chi connectivity index (χ2v) is 10.4. The third kappa shape index (κ3) is 11.4. The number of carbonyl (C=O) groups excluding carboxylic acids is 2. The van der Waals surface area contributed by atoms with E-state index >= 15 is 0 Å². The molecule has 0 aromatic heterocycles. The van der Waals surface area contributed by atoms with Gasteiger partial charge in [-0.25, -0.2) is 4.39 Å². The summed E-state index contributed by atoms with van der Waals surface area (Å²) in [6.45, 7) is 3.77. The minimum absolute atomic E-state index is 0.0520. The highest BCUT2D eigenvalue weighted by Crippen LogP contribution is 2.25. The Kier molecular flexibility index (Phi) is 14.2. The Balaban J connectivity index is 1.49. The maximum Gasteiger partial charge on any atom is 0.305 e. The minimum Gasteiger partial charge on any atom is -0.491 e. The van der Waals surface area contributed by atoms with Crippen LogP contribution >= 0.6 is 0 Å². The van der Waals surface area contributed by atoms with Gasteiger partial charge in [0.25, 0.3) is 0 Å². The van der Waals surface area contributed by atoms with Crippen LogP contribution in [0.1, 0.15) is 56.6 Å². The SMILES string of the molecule is O=C(O)C[C@@H](NC(=O)[C@@H]1CCCN(C(=O)CCC2CCNCC2)C1)c1cccc(OCCOCCOCC[18F])c1. The third-order valence-corrected chi connectivity index (χ3v) is 7.42. The van der Waals surface area contributed by atoms with Crippen molar-refractivity contribution >= 4 is 17.8 Å². The number of halogens is 1. The minimum atomic E-state index is -1.03. The van der Waals surface area contributed by atoms with Crippen molar-refractivity contribution in [1.29, 1.82) is 0 Å². The summed E-state index contributed by atoms with van der Waals surface area (Å²) in [4.78, 5) is 39.5. The number of rotatable bonds is 17. The summed E-state index contributed by atoms with van der Waals surface area (Å²) in [5, 5.41) is 15.8. The van der Waals surface area contributed by atoms with Crippen LogP contribution in [0.4, 0.5) is 4.39 Å². The fraction of sp³-hybridized carbons (Fsp3) is 0.690. The largest absolute Gasteiger partial charge is 0.491 e. The smallest absolute Gasteiger partial charge is 0.305 e. The summed E-state index contributed by atoms with van der Waals surface area (Å²) in [7, 11) is 0. The van der Waals surface area contributed by atoms with E-state index in [1.807, 2.05) is 0 Å². The predicted octanol–water partition coefficient (Wildman–Crippen LogP) is 2.72. The van der Waals surface area contributed by atoms with E-state index in [9.17, 15) is 23.9 Å². The normalized spacial score (nSPS) is 18.7. The molecule has 0 saturated carbocycles. The lowest BCUT2D eigenvalue weighted by Gasteiger charge is -2.33. The van der Waals surface area contributed by atoms with Crippen LogP contribution in [0.5, 0.6) is 5.75 Å². The molecule has 2 atom stereocenters. The Hall–Kier alpha value is -2.76. The molecule has 0 bridgehead atoms. The van der Waals surface area contributed by atoms with Crippen molar-refractivity contribution in [3.63, 3.8) is 0 Å². The second-order valence-electron chi connectivity index (χ2n) is 10.4. The number of carbonyl (C=O) groups is 3. The Morgan fingerprint density at radius 1 is 1.07 bits per heavy atom. The molecule has 1 aromatic rings. The second kappa shape index (κ2) is 17.8. The number of likely N-dealkylation sites (tertiary alicyclic amines) is 1. The van der Waals surface area contributed by atoms with Crippen LogP contribution in [0, 0.1) is 11.8 Å². The van der Waals surface area contributed by atoms with Gasteiger partial charge < -0.3 is 34.9 Å². The Morgan fingerprint density at radius 3 is 2.58 bits per heavy atom. The number of ether oxygens (including phenoxy) is 3. The number of nitrogens with zero attached hydrogens (tertiary/aromatic N) is 1. The molecule has 0 radical (unpaired) electrons. The molecule has 3 rings (SSSR count). The first-order valence-electron chi connectivity index (χ1n) is 14.4. The van der Waals surface area contributed by atoms with Crippen molar-refractivity contribution in [2.24, 2.45) is 11.8 Å². The maximum absolute atomic E-state index is 13.2. The van der Waals surface area contributed by atoms with Crippen LogP contribution in [0.15, 0.2) is 24.3 Å². The fourth-order valence-electron chi connectivity index (χ4n) is 5.21. The van der Waals surface area contributed by atoms with Crippen LogP contribution in [0.3, 0.4) is 0 Å². The van der Waals surface area contributed by atoms with E-state index in [1.165, 1.54) is 0 Å². The number of piperidine rings is 2. The first-order chi connectivity index (χ1) is 19.5. The molecular formula is C29H44FN3O7. The van der Waals surface area contributed by atoms with E-state index in [2.05, 4.69) is 10.6 Å². The standard InChI is InChI=1S/C29H44FN3O7/c30-10-14-38-15-16-39-17-18-40-25-5-1-3-23(19-25)26(20-28(35)36)32-29(37)24-4-2-13-33(21-24)27(34)7-6-22-8-11-31-12-9-22/h1,3,5,19,22,24,26,31H,2,4,6-18,20-21H2,(H,32,37)(H,35,36)/t24-,26-/m1/s1/i30-1. The molecule has 224 valence electrons. The first-order valence-corrected chi connectivity index (χ1v) is 14.4. The van der Waals surface area contributed by atoms with Crippen LogP contribution in [0.2, 0.25) is 0 Å². The van der Waals surface area contributed by atoms with Crippen molar-refractivity contribution in [3.05, 3.63) is 29.8 Å². The zero-order chi connectivity index (χ0) is 28.6. The van der Waals surface area contributed by atoms with Gasteiger partial charge in [0.15, 0.2) is 0 Å². The number of carboxylic acid groups (broad SMARTS) is 1. The van der Waals surface area contributed by atoms with Gasteiger partial charge in [0.1, 0.15) is 19.0 Å². The van der Waals surface area contributed by atoms with Gasteiger partial charge in [0.2, 0.25) is 11.8 Å². The van der Waals surface area contributed by atoms with Crippen molar-refractivity contribution < 1.29 is 38.1 Å². The highest BCUT2D eigenvalue weighted by molar-refractivity contribution is 5.82. The highest BCUT2D eigenvalue weighted by Gasteiger charge is 2.30. The van der Waals surface area contributed by atoms with E-state index in [0.29, 0.717) is 63.0 Å². The van der Waals surface area contributed by atoms with Gasteiger partial charge in [0, 0.05) is 19.5 Å². The van der Waals surface area contributed by atoms with Gasteiger partial charge in [-0.15, -0.1) is 0 Å². The molecule has 2 heterocycles. The summed E-state index contributed by atoms with van der Waals surface area (Å²) in [6.07, 6.45) is 4.71. The zero-order valence-corrected chi connectivity index (χ0v) is 23.3. The molecule has 11 heteroatoms. The fourth-order valence-corrected chi connectivity index (χ4v) is 5.21. The van der Waals surface area contributed by atoms with E-state index in [1.54, 1.807) is 29.2 Å². The average molecular weight is 565 g/mol. The van der Waals surface area contributed by atoms with Crippen molar-refractivity contribution in [3.8, 4) is 5.75 Å². The molecule has 3 N–H and O–H groups in total. The zero-order valence-electron chi connectivity index (χ0n) is 23.3. The summed E-state index contributed by atoms with van der Waals surface area (Å²) >= 11 is 0. The summed E-state index contributed by atoms with van der Waals surface area (Å²) in [5.74, 6) is -0.443. The van der Waals surface area contributed by atoms with Crippen LogP contribution in [0.25, 0.3) is 0 Å². The maximum atomic E-state index is 13.2. The predicted molar refractivity (Wildman–Crippen MR) is 147 cm³/mol. The summed E-state index contributed by atoms with van der Waals surface area (Å²) < 4.78 is 28.1. The number of amides is 2. The monoisotopic (exact) mass is 564 g/mol. The molecule has 10 nitrogen and oxygen atoms in total. The lowest BCUT2D eigenvalue weighted by Crippen LogP contribution is -2.46. The summed E-state index contributed by atoms with van der Waals surface area (Å²) in [6, 6.07) is 6.25. The lowest BCUT2D eigenvalue weighted by molar-refractivity contribution is -0.138. The lowest BCUT2D eigenvalue weighted by atomic mass is 9.92. The molecule has 2 aliphatic heterocycles. The molecule has 2 amide bonds. The van der Waals surface area contributed by atoms with E-state index in [-0.39, 0.29) is 37.4 Å². The van der Waals surface area contributed by atoms with E-state index in [4.69, 9.17) is 14.2 Å². The molecule has 2 aliphatic rings. The van der Waals surface area contributed by atoms with Gasteiger partial charge in [0.05, 0.1) is 44.8 Å². The van der Waals surface area contributed by atoms with Gasteiger partial charge in [-0.05, 0) is 68.8 Å². The molecule has 0 unspecified atom stereocenters. The quantitative estimate of drug-likeness (QED) is 0.247. The van der Waals surface area contributed by atoms with Crippen LogP contribution in [-0.4, -0.2) is 93.7 Å². The topological polar surface area (TPSA) is 126 Å². The van der Waals surface area contributed by atoms with Crippen LogP contribution in [-0.2, 0) is 23.9 Å².